The van der Waals surface area contributed by atoms with Crippen molar-refractivity contribution < 1.29 is 18.7 Å². The topological polar surface area (TPSA) is 53.1 Å². The third kappa shape index (κ3) is 3.90. The number of piperazine rings is 1. The first kappa shape index (κ1) is 19.2. The van der Waals surface area contributed by atoms with Crippen molar-refractivity contribution in [2.45, 2.75) is 6.42 Å². The van der Waals surface area contributed by atoms with Gasteiger partial charge in [-0.2, -0.15) is 0 Å². The van der Waals surface area contributed by atoms with E-state index in [1.54, 1.807) is 25.3 Å². The van der Waals surface area contributed by atoms with Crippen LogP contribution in [0.3, 0.4) is 0 Å². The molecular formula is C22H24FN3O3. The van der Waals surface area contributed by atoms with Gasteiger partial charge in [0.2, 0.25) is 11.8 Å². The highest BCUT2D eigenvalue weighted by molar-refractivity contribution is 6.00. The summed E-state index contributed by atoms with van der Waals surface area (Å²) in [7, 11) is 1.64. The van der Waals surface area contributed by atoms with E-state index in [2.05, 4.69) is 4.90 Å². The van der Waals surface area contributed by atoms with Crippen molar-refractivity contribution in [1.82, 2.24) is 4.90 Å². The van der Waals surface area contributed by atoms with E-state index in [0.717, 1.165) is 24.5 Å². The standard InChI is InChI=1S/C22H24FN3O3/c1-29-18-6-4-5-17(14-18)24-9-11-25(12-10-24)22(28)16-13-21(27)26(15-16)20-8-3-2-7-19(20)23/h2-8,14,16H,9-13,15H2,1H3. The maximum absolute atomic E-state index is 14.1. The Kier molecular flexibility index (Phi) is 5.38. The lowest BCUT2D eigenvalue weighted by Crippen LogP contribution is -2.50. The largest absolute Gasteiger partial charge is 0.497 e. The first-order valence-corrected chi connectivity index (χ1v) is 9.79. The number of anilines is 2. The number of ether oxygens (including phenoxy) is 1. The molecule has 0 bridgehead atoms. The fourth-order valence-electron chi connectivity index (χ4n) is 4.03. The van der Waals surface area contributed by atoms with Gasteiger partial charge in [0.05, 0.1) is 18.7 Å². The highest BCUT2D eigenvalue weighted by Crippen LogP contribution is 2.29. The van der Waals surface area contributed by atoms with E-state index in [0.29, 0.717) is 13.1 Å². The van der Waals surface area contributed by atoms with E-state index in [9.17, 15) is 14.0 Å². The van der Waals surface area contributed by atoms with E-state index in [1.807, 2.05) is 29.2 Å². The average molecular weight is 397 g/mol. The van der Waals surface area contributed by atoms with Crippen molar-refractivity contribution in [3.8, 4) is 5.75 Å². The molecule has 0 aromatic heterocycles. The molecule has 2 saturated heterocycles. The van der Waals surface area contributed by atoms with Crippen LogP contribution in [0.4, 0.5) is 15.8 Å². The summed E-state index contributed by atoms with van der Waals surface area (Å²) in [6.07, 6.45) is 0.128. The predicted octanol–water partition coefficient (Wildman–Crippen LogP) is 2.54. The van der Waals surface area contributed by atoms with Crippen LogP contribution < -0.4 is 14.5 Å². The minimum absolute atomic E-state index is 0.0255. The molecule has 0 radical (unpaired) electrons. The maximum atomic E-state index is 14.1. The van der Waals surface area contributed by atoms with Crippen molar-refractivity contribution in [2.75, 3.05) is 49.6 Å². The molecule has 2 aliphatic heterocycles. The predicted molar refractivity (Wildman–Crippen MR) is 109 cm³/mol. The summed E-state index contributed by atoms with van der Waals surface area (Å²) in [6, 6.07) is 14.1. The van der Waals surface area contributed by atoms with Gasteiger partial charge in [-0.05, 0) is 24.3 Å². The molecule has 2 amide bonds. The van der Waals surface area contributed by atoms with Crippen molar-refractivity contribution >= 4 is 23.2 Å². The van der Waals surface area contributed by atoms with Gasteiger partial charge in [0, 0.05) is 50.9 Å². The van der Waals surface area contributed by atoms with Crippen LogP contribution in [0.15, 0.2) is 48.5 Å². The number of amides is 2. The van der Waals surface area contributed by atoms with Gasteiger partial charge in [-0.15, -0.1) is 0 Å². The van der Waals surface area contributed by atoms with Crippen LogP contribution in [0.5, 0.6) is 5.75 Å². The minimum Gasteiger partial charge on any atom is -0.497 e. The van der Waals surface area contributed by atoms with Gasteiger partial charge in [0.1, 0.15) is 11.6 Å². The lowest BCUT2D eigenvalue weighted by molar-refractivity contribution is -0.136. The summed E-state index contributed by atoms with van der Waals surface area (Å²) < 4.78 is 19.3. The number of hydrogen-bond donors (Lipinski definition) is 0. The molecule has 1 atom stereocenters. The second kappa shape index (κ2) is 8.11. The highest BCUT2D eigenvalue weighted by Gasteiger charge is 2.38. The van der Waals surface area contributed by atoms with Crippen LogP contribution in [0.1, 0.15) is 6.42 Å². The zero-order chi connectivity index (χ0) is 20.4. The minimum atomic E-state index is -0.444. The van der Waals surface area contributed by atoms with Crippen LogP contribution in [-0.4, -0.2) is 56.5 Å². The Hall–Kier alpha value is -3.09. The van der Waals surface area contributed by atoms with E-state index >= 15 is 0 Å². The molecule has 0 spiro atoms. The smallest absolute Gasteiger partial charge is 0.228 e. The Morgan fingerprint density at radius 2 is 1.83 bits per heavy atom. The Balaban J connectivity index is 1.37. The molecule has 2 aliphatic rings. The molecule has 2 heterocycles. The third-order valence-corrected chi connectivity index (χ3v) is 5.63. The van der Waals surface area contributed by atoms with Crippen molar-refractivity contribution in [3.63, 3.8) is 0 Å². The molecule has 29 heavy (non-hydrogen) atoms. The fraction of sp³-hybridized carbons (Fsp3) is 0.364. The Morgan fingerprint density at radius 3 is 2.55 bits per heavy atom. The van der Waals surface area contributed by atoms with Crippen molar-refractivity contribution in [3.05, 3.63) is 54.3 Å². The van der Waals surface area contributed by atoms with Crippen LogP contribution >= 0.6 is 0 Å². The molecular weight excluding hydrogens is 373 g/mol. The molecule has 4 rings (SSSR count). The third-order valence-electron chi connectivity index (χ3n) is 5.63. The number of carbonyl (C=O) groups excluding carboxylic acids is 2. The molecule has 2 fully saturated rings. The number of benzene rings is 2. The fourth-order valence-corrected chi connectivity index (χ4v) is 4.03. The zero-order valence-corrected chi connectivity index (χ0v) is 16.4. The summed E-state index contributed by atoms with van der Waals surface area (Å²) >= 11 is 0. The van der Waals surface area contributed by atoms with Crippen molar-refractivity contribution in [1.29, 1.82) is 0 Å². The highest BCUT2D eigenvalue weighted by atomic mass is 19.1. The molecule has 2 aromatic rings. The van der Waals surface area contributed by atoms with Crippen LogP contribution in [-0.2, 0) is 9.59 Å². The quantitative estimate of drug-likeness (QED) is 0.796. The SMILES string of the molecule is COc1cccc(N2CCN(C(=O)C3CC(=O)N(c4ccccc4F)C3)CC2)c1. The van der Waals surface area contributed by atoms with Crippen LogP contribution in [0.25, 0.3) is 0 Å². The molecule has 152 valence electrons. The average Bonchev–Trinajstić information content (AvgIpc) is 3.15. The Morgan fingerprint density at radius 1 is 1.07 bits per heavy atom. The summed E-state index contributed by atoms with van der Waals surface area (Å²) in [5, 5.41) is 0. The number of para-hydroxylation sites is 1. The molecule has 0 aliphatic carbocycles. The second-order valence-corrected chi connectivity index (χ2v) is 7.37. The Bertz CT molecular complexity index is 912. The van der Waals surface area contributed by atoms with E-state index < -0.39 is 11.7 Å². The summed E-state index contributed by atoms with van der Waals surface area (Å²) in [4.78, 5) is 30.8. The van der Waals surface area contributed by atoms with Crippen LogP contribution in [0.2, 0.25) is 0 Å². The van der Waals surface area contributed by atoms with Gasteiger partial charge < -0.3 is 19.4 Å². The number of methoxy groups -OCH3 is 1. The van der Waals surface area contributed by atoms with Gasteiger partial charge in [-0.1, -0.05) is 18.2 Å². The monoisotopic (exact) mass is 397 g/mol. The first-order valence-electron chi connectivity index (χ1n) is 9.79. The number of nitrogens with zero attached hydrogens (tertiary/aromatic N) is 3. The van der Waals surface area contributed by atoms with Gasteiger partial charge in [0.25, 0.3) is 0 Å². The van der Waals surface area contributed by atoms with Gasteiger partial charge >= 0.3 is 0 Å². The summed E-state index contributed by atoms with van der Waals surface area (Å²) in [5.41, 5.74) is 1.31. The zero-order valence-electron chi connectivity index (χ0n) is 16.4. The molecule has 0 saturated carbocycles. The lowest BCUT2D eigenvalue weighted by atomic mass is 10.1. The number of halogens is 1. The normalized spacial score (nSPS) is 19.6. The van der Waals surface area contributed by atoms with Crippen LogP contribution in [0, 0.1) is 11.7 Å². The first-order chi connectivity index (χ1) is 14.1. The number of rotatable bonds is 4. The molecule has 0 N–H and O–H groups in total. The van der Waals surface area contributed by atoms with Crippen molar-refractivity contribution in [2.24, 2.45) is 5.92 Å². The Labute approximate surface area is 169 Å². The van der Waals surface area contributed by atoms with Gasteiger partial charge in [-0.25, -0.2) is 4.39 Å². The number of hydrogen-bond acceptors (Lipinski definition) is 4. The molecule has 6 nitrogen and oxygen atoms in total. The van der Waals surface area contributed by atoms with E-state index in [4.69, 9.17) is 4.74 Å². The molecule has 7 heteroatoms. The summed E-state index contributed by atoms with van der Waals surface area (Å²) in [5.74, 6) is -0.295. The molecule has 2 aromatic carbocycles. The second-order valence-electron chi connectivity index (χ2n) is 7.37. The van der Waals surface area contributed by atoms with E-state index in [1.165, 1.54) is 11.0 Å². The maximum Gasteiger partial charge on any atom is 0.228 e. The lowest BCUT2D eigenvalue weighted by Gasteiger charge is -2.37. The molecule has 1 unspecified atom stereocenters. The van der Waals surface area contributed by atoms with Gasteiger partial charge in [-0.3, -0.25) is 9.59 Å². The number of carbonyl (C=O) groups is 2. The van der Waals surface area contributed by atoms with E-state index in [-0.39, 0.29) is 30.5 Å². The van der Waals surface area contributed by atoms with Gasteiger partial charge in [0.15, 0.2) is 0 Å². The summed E-state index contributed by atoms with van der Waals surface area (Å²) in [6.45, 7) is 2.86.